The van der Waals surface area contributed by atoms with Crippen LogP contribution in [-0.4, -0.2) is 25.4 Å². The van der Waals surface area contributed by atoms with Crippen LogP contribution in [-0.2, 0) is 11.2 Å². The minimum Gasteiger partial charge on any atom is -0.485 e. The summed E-state index contributed by atoms with van der Waals surface area (Å²) in [5, 5.41) is 3.48. The van der Waals surface area contributed by atoms with Gasteiger partial charge in [-0.2, -0.15) is 0 Å². The van der Waals surface area contributed by atoms with E-state index in [1.807, 2.05) is 0 Å². The second kappa shape index (κ2) is 4.81. The zero-order valence-electron chi connectivity index (χ0n) is 11.0. The summed E-state index contributed by atoms with van der Waals surface area (Å²) in [6.45, 7) is 4.85. The fourth-order valence-electron chi connectivity index (χ4n) is 2.73. The number of ether oxygens (including phenoxy) is 2. The third-order valence-corrected chi connectivity index (χ3v) is 3.94. The van der Waals surface area contributed by atoms with Crippen molar-refractivity contribution in [3.8, 4) is 5.75 Å². The number of benzene rings is 1. The molecule has 0 saturated carbocycles. The Hall–Kier alpha value is -1.22. The van der Waals surface area contributed by atoms with Crippen molar-refractivity contribution in [3.63, 3.8) is 0 Å². The number of para-hydroxylation sites is 1. The number of fused-ring (bicyclic) bond motifs is 1. The van der Waals surface area contributed by atoms with Crippen LogP contribution in [0.1, 0.15) is 31.7 Å². The van der Waals surface area contributed by atoms with Crippen molar-refractivity contribution in [2.24, 2.45) is 0 Å². The first-order valence-corrected chi connectivity index (χ1v) is 6.89. The molecule has 18 heavy (non-hydrogen) atoms. The van der Waals surface area contributed by atoms with Gasteiger partial charge in [0.15, 0.2) is 0 Å². The summed E-state index contributed by atoms with van der Waals surface area (Å²) < 4.78 is 11.7. The number of rotatable bonds is 2. The molecule has 3 rings (SSSR count). The molecule has 0 amide bonds. The van der Waals surface area contributed by atoms with E-state index in [2.05, 4.69) is 30.4 Å². The minimum absolute atomic E-state index is 0.0769. The number of nitrogens with one attached hydrogen (secondary N) is 1. The average molecular weight is 247 g/mol. The maximum atomic E-state index is 6.30. The van der Waals surface area contributed by atoms with E-state index in [1.54, 1.807) is 0 Å². The summed E-state index contributed by atoms with van der Waals surface area (Å²) in [6.07, 6.45) is 4.30. The highest BCUT2D eigenvalue weighted by molar-refractivity contribution is 5.63. The van der Waals surface area contributed by atoms with E-state index in [1.165, 1.54) is 17.7 Å². The van der Waals surface area contributed by atoms with Crippen LogP contribution >= 0.6 is 0 Å². The molecule has 1 aromatic rings. The van der Waals surface area contributed by atoms with Gasteiger partial charge in [0.25, 0.3) is 0 Å². The van der Waals surface area contributed by atoms with Gasteiger partial charge >= 0.3 is 0 Å². The van der Waals surface area contributed by atoms with Crippen LogP contribution in [0.3, 0.4) is 0 Å². The van der Waals surface area contributed by atoms with Gasteiger partial charge in [0.05, 0.1) is 18.9 Å². The molecule has 98 valence electrons. The Kier molecular flexibility index (Phi) is 3.16. The molecule has 3 heteroatoms. The van der Waals surface area contributed by atoms with Gasteiger partial charge in [-0.05, 0) is 31.4 Å². The van der Waals surface area contributed by atoms with Crippen LogP contribution in [0.4, 0.5) is 5.69 Å². The maximum Gasteiger partial charge on any atom is 0.143 e. The molecule has 0 aromatic heterocycles. The molecule has 0 bridgehead atoms. The Balaban J connectivity index is 1.83. The van der Waals surface area contributed by atoms with Crippen LogP contribution in [0.15, 0.2) is 18.2 Å². The second-order valence-electron chi connectivity index (χ2n) is 5.48. The summed E-state index contributed by atoms with van der Waals surface area (Å²) in [6, 6.07) is 6.38. The van der Waals surface area contributed by atoms with Crippen LogP contribution < -0.4 is 10.1 Å². The summed E-state index contributed by atoms with van der Waals surface area (Å²) in [7, 11) is 0. The molecule has 1 aromatic carbocycles. The number of hydrogen-bond donors (Lipinski definition) is 1. The highest BCUT2D eigenvalue weighted by Gasteiger charge is 2.30. The molecule has 0 radical (unpaired) electrons. The van der Waals surface area contributed by atoms with Crippen molar-refractivity contribution in [1.82, 2.24) is 0 Å². The van der Waals surface area contributed by atoms with Crippen LogP contribution in [0.5, 0.6) is 5.75 Å². The molecule has 0 spiro atoms. The fraction of sp³-hybridized carbons (Fsp3) is 0.600. The first-order valence-electron chi connectivity index (χ1n) is 6.89. The average Bonchev–Trinajstić information content (AvgIpc) is 2.40. The van der Waals surface area contributed by atoms with Crippen LogP contribution in [0.2, 0.25) is 0 Å². The van der Waals surface area contributed by atoms with E-state index in [9.17, 15) is 0 Å². The molecule has 1 N–H and O–H groups in total. The first-order chi connectivity index (χ1) is 8.77. The largest absolute Gasteiger partial charge is 0.485 e. The summed E-state index contributed by atoms with van der Waals surface area (Å²) in [4.78, 5) is 0. The van der Waals surface area contributed by atoms with Gasteiger partial charge in [-0.1, -0.05) is 12.1 Å². The Morgan fingerprint density at radius 2 is 2.11 bits per heavy atom. The third kappa shape index (κ3) is 2.32. The molecular weight excluding hydrogens is 226 g/mol. The zero-order valence-corrected chi connectivity index (χ0v) is 11.0. The Morgan fingerprint density at radius 1 is 1.28 bits per heavy atom. The fourth-order valence-corrected chi connectivity index (χ4v) is 2.73. The standard InChI is InChI=1S/C15H21NO2/c1-15(7-10-17-11-8-15)18-13-6-2-4-12-5-3-9-16-14(12)13/h2,4,6,16H,3,5,7-11H2,1H3. The van der Waals surface area contributed by atoms with Gasteiger partial charge in [0, 0.05) is 19.4 Å². The van der Waals surface area contributed by atoms with Gasteiger partial charge in [-0.15, -0.1) is 0 Å². The van der Waals surface area contributed by atoms with E-state index >= 15 is 0 Å². The van der Waals surface area contributed by atoms with E-state index in [0.717, 1.165) is 44.8 Å². The first kappa shape index (κ1) is 11.8. The maximum absolute atomic E-state index is 6.30. The van der Waals surface area contributed by atoms with Crippen molar-refractivity contribution in [2.75, 3.05) is 25.1 Å². The van der Waals surface area contributed by atoms with Crippen LogP contribution in [0.25, 0.3) is 0 Å². The van der Waals surface area contributed by atoms with Crippen molar-refractivity contribution >= 4 is 5.69 Å². The molecule has 2 heterocycles. The molecule has 2 aliphatic rings. The topological polar surface area (TPSA) is 30.5 Å². The number of anilines is 1. The molecule has 2 aliphatic heterocycles. The summed E-state index contributed by atoms with van der Waals surface area (Å²) >= 11 is 0. The SMILES string of the molecule is CC1(Oc2cccc3c2NCCC3)CCOCC1. The second-order valence-corrected chi connectivity index (χ2v) is 5.48. The van der Waals surface area contributed by atoms with Gasteiger partial charge in [0.2, 0.25) is 0 Å². The highest BCUT2D eigenvalue weighted by atomic mass is 16.5. The van der Waals surface area contributed by atoms with Crippen molar-refractivity contribution in [1.29, 1.82) is 0 Å². The van der Waals surface area contributed by atoms with Crippen molar-refractivity contribution in [3.05, 3.63) is 23.8 Å². The zero-order chi connectivity index (χ0) is 12.4. The molecular formula is C15H21NO2. The number of aryl methyl sites for hydroxylation is 1. The van der Waals surface area contributed by atoms with E-state index in [-0.39, 0.29) is 5.60 Å². The van der Waals surface area contributed by atoms with Crippen molar-refractivity contribution < 1.29 is 9.47 Å². The smallest absolute Gasteiger partial charge is 0.143 e. The molecule has 3 nitrogen and oxygen atoms in total. The predicted molar refractivity (Wildman–Crippen MR) is 72.3 cm³/mol. The normalized spacial score (nSPS) is 21.8. The third-order valence-electron chi connectivity index (χ3n) is 3.94. The lowest BCUT2D eigenvalue weighted by atomic mass is 9.96. The van der Waals surface area contributed by atoms with Crippen LogP contribution in [0, 0.1) is 0 Å². The van der Waals surface area contributed by atoms with Gasteiger partial charge in [-0.25, -0.2) is 0 Å². The Bertz CT molecular complexity index is 425. The monoisotopic (exact) mass is 247 g/mol. The lowest BCUT2D eigenvalue weighted by molar-refractivity contribution is -0.0339. The molecule has 0 atom stereocenters. The Morgan fingerprint density at radius 3 is 2.94 bits per heavy atom. The van der Waals surface area contributed by atoms with Crippen molar-refractivity contribution in [2.45, 2.75) is 38.2 Å². The molecule has 0 unspecified atom stereocenters. The highest BCUT2D eigenvalue weighted by Crippen LogP contribution is 2.36. The van der Waals surface area contributed by atoms with Gasteiger partial charge in [0.1, 0.15) is 11.4 Å². The molecule has 1 fully saturated rings. The van der Waals surface area contributed by atoms with Gasteiger partial charge < -0.3 is 14.8 Å². The molecule has 0 aliphatic carbocycles. The predicted octanol–water partition coefficient (Wildman–Crippen LogP) is 2.99. The lowest BCUT2D eigenvalue weighted by Gasteiger charge is -2.35. The Labute approximate surface area is 108 Å². The van der Waals surface area contributed by atoms with Gasteiger partial charge in [-0.3, -0.25) is 0 Å². The van der Waals surface area contributed by atoms with E-state index in [0.29, 0.717) is 0 Å². The molecule has 1 saturated heterocycles. The minimum atomic E-state index is -0.0769. The lowest BCUT2D eigenvalue weighted by Crippen LogP contribution is -2.39. The number of hydrogen-bond acceptors (Lipinski definition) is 3. The van der Waals surface area contributed by atoms with E-state index in [4.69, 9.17) is 9.47 Å². The quantitative estimate of drug-likeness (QED) is 0.871. The summed E-state index contributed by atoms with van der Waals surface area (Å²) in [5.41, 5.74) is 2.51. The summed E-state index contributed by atoms with van der Waals surface area (Å²) in [5.74, 6) is 1.01. The van der Waals surface area contributed by atoms with E-state index < -0.39 is 0 Å².